The first kappa shape index (κ1) is 13.8. The standard InChI is InChI=1S/C15H24N4O/c1-14(2)11-9-17-13(18-10-5-7-16-8-6-10)19-12(11)15(3,4)20-14/h9-10,16H,5-8H2,1-4H3,(H,17,18,19). The van der Waals surface area contributed by atoms with Gasteiger partial charge in [-0.05, 0) is 53.6 Å². The van der Waals surface area contributed by atoms with Crippen molar-refractivity contribution in [2.24, 2.45) is 0 Å². The summed E-state index contributed by atoms with van der Waals surface area (Å²) in [5.41, 5.74) is 1.44. The third-order valence-corrected chi connectivity index (χ3v) is 4.19. The van der Waals surface area contributed by atoms with Crippen LogP contribution in [0.25, 0.3) is 0 Å². The van der Waals surface area contributed by atoms with Crippen LogP contribution in [0.4, 0.5) is 5.95 Å². The SMILES string of the molecule is CC1(C)OC(C)(C)c2nc(NC3CCNCC3)ncc21. The molecule has 1 fully saturated rings. The number of hydrogen-bond donors (Lipinski definition) is 2. The molecule has 3 rings (SSSR count). The smallest absolute Gasteiger partial charge is 0.223 e. The van der Waals surface area contributed by atoms with Crippen molar-refractivity contribution >= 4 is 5.95 Å². The molecule has 0 aliphatic carbocycles. The predicted molar refractivity (Wildman–Crippen MR) is 78.7 cm³/mol. The lowest BCUT2D eigenvalue weighted by molar-refractivity contribution is -0.106. The van der Waals surface area contributed by atoms with E-state index in [0.717, 1.165) is 43.1 Å². The third-order valence-electron chi connectivity index (χ3n) is 4.19. The maximum atomic E-state index is 6.11. The molecule has 3 heterocycles. The molecule has 2 aliphatic heterocycles. The average molecular weight is 276 g/mol. The van der Waals surface area contributed by atoms with Crippen molar-refractivity contribution in [1.29, 1.82) is 0 Å². The van der Waals surface area contributed by atoms with E-state index in [2.05, 4.69) is 43.3 Å². The molecule has 0 aromatic carbocycles. The van der Waals surface area contributed by atoms with Gasteiger partial charge in [0.2, 0.25) is 5.95 Å². The summed E-state index contributed by atoms with van der Waals surface area (Å²) in [5.74, 6) is 0.727. The summed E-state index contributed by atoms with van der Waals surface area (Å²) in [6, 6.07) is 0.466. The van der Waals surface area contributed by atoms with E-state index in [0.29, 0.717) is 6.04 Å². The van der Waals surface area contributed by atoms with Crippen LogP contribution in [0.5, 0.6) is 0 Å². The summed E-state index contributed by atoms with van der Waals surface area (Å²) in [6.07, 6.45) is 4.15. The fourth-order valence-corrected chi connectivity index (χ4v) is 3.24. The van der Waals surface area contributed by atoms with Crippen LogP contribution in [0.15, 0.2) is 6.20 Å². The largest absolute Gasteiger partial charge is 0.359 e. The monoisotopic (exact) mass is 276 g/mol. The highest BCUT2D eigenvalue weighted by molar-refractivity contribution is 5.38. The number of aromatic nitrogens is 2. The van der Waals surface area contributed by atoms with Crippen LogP contribution < -0.4 is 10.6 Å². The number of hydrogen-bond acceptors (Lipinski definition) is 5. The summed E-state index contributed by atoms with van der Waals surface area (Å²) in [7, 11) is 0. The van der Waals surface area contributed by atoms with Gasteiger partial charge in [0.05, 0.1) is 11.3 Å². The molecule has 0 unspecified atom stereocenters. The van der Waals surface area contributed by atoms with E-state index in [4.69, 9.17) is 9.72 Å². The van der Waals surface area contributed by atoms with Gasteiger partial charge in [0.25, 0.3) is 0 Å². The van der Waals surface area contributed by atoms with Crippen LogP contribution in [-0.4, -0.2) is 29.1 Å². The molecule has 0 radical (unpaired) electrons. The van der Waals surface area contributed by atoms with E-state index in [1.54, 1.807) is 0 Å². The minimum Gasteiger partial charge on any atom is -0.359 e. The van der Waals surface area contributed by atoms with Crippen molar-refractivity contribution in [1.82, 2.24) is 15.3 Å². The van der Waals surface area contributed by atoms with E-state index >= 15 is 0 Å². The molecule has 0 spiro atoms. The number of nitrogens with one attached hydrogen (secondary N) is 2. The van der Waals surface area contributed by atoms with Crippen LogP contribution in [0.1, 0.15) is 51.8 Å². The van der Waals surface area contributed by atoms with Gasteiger partial charge in [-0.25, -0.2) is 9.97 Å². The first-order valence-electron chi connectivity index (χ1n) is 7.44. The molecule has 1 aromatic heterocycles. The number of ether oxygens (including phenoxy) is 1. The summed E-state index contributed by atoms with van der Waals surface area (Å²) in [5, 5.41) is 6.82. The Bertz CT molecular complexity index is 507. The molecule has 2 N–H and O–H groups in total. The molecule has 0 bridgehead atoms. The molecule has 110 valence electrons. The zero-order chi connectivity index (χ0) is 14.4. The Morgan fingerprint density at radius 3 is 2.60 bits per heavy atom. The zero-order valence-corrected chi connectivity index (χ0v) is 12.8. The highest BCUT2D eigenvalue weighted by Crippen LogP contribution is 2.45. The molecule has 0 saturated carbocycles. The molecule has 2 aliphatic rings. The maximum Gasteiger partial charge on any atom is 0.223 e. The summed E-state index contributed by atoms with van der Waals surface area (Å²) >= 11 is 0. The molecule has 1 saturated heterocycles. The van der Waals surface area contributed by atoms with Crippen LogP contribution in [0.2, 0.25) is 0 Å². The summed E-state index contributed by atoms with van der Waals surface area (Å²) in [6.45, 7) is 10.4. The molecular weight excluding hydrogens is 252 g/mol. The van der Waals surface area contributed by atoms with Crippen LogP contribution in [0, 0.1) is 0 Å². The second kappa shape index (κ2) is 4.67. The normalized spacial score (nSPS) is 24.4. The molecule has 0 amide bonds. The summed E-state index contributed by atoms with van der Waals surface area (Å²) in [4.78, 5) is 9.21. The number of fused-ring (bicyclic) bond motifs is 1. The first-order chi connectivity index (χ1) is 9.38. The van der Waals surface area contributed by atoms with Crippen LogP contribution in [0.3, 0.4) is 0 Å². The predicted octanol–water partition coefficient (Wildman–Crippen LogP) is 2.14. The average Bonchev–Trinajstić information content (AvgIpc) is 2.56. The highest BCUT2D eigenvalue weighted by atomic mass is 16.5. The molecule has 1 aromatic rings. The van der Waals surface area contributed by atoms with E-state index in [1.165, 1.54) is 0 Å². The lowest BCUT2D eigenvalue weighted by Gasteiger charge is -2.24. The van der Waals surface area contributed by atoms with Crippen molar-refractivity contribution in [3.63, 3.8) is 0 Å². The topological polar surface area (TPSA) is 59.1 Å². The lowest BCUT2D eigenvalue weighted by Crippen LogP contribution is -2.35. The number of rotatable bonds is 2. The Hall–Kier alpha value is -1.20. The zero-order valence-electron chi connectivity index (χ0n) is 12.8. The first-order valence-corrected chi connectivity index (χ1v) is 7.44. The van der Waals surface area contributed by atoms with E-state index in [9.17, 15) is 0 Å². The van der Waals surface area contributed by atoms with Gasteiger partial charge in [-0.3, -0.25) is 0 Å². The van der Waals surface area contributed by atoms with E-state index in [-0.39, 0.29) is 11.2 Å². The summed E-state index contributed by atoms with van der Waals surface area (Å²) < 4.78 is 6.11. The number of nitrogens with zero attached hydrogens (tertiary/aromatic N) is 2. The molecule has 5 heteroatoms. The second-order valence-corrected chi connectivity index (χ2v) is 6.75. The highest BCUT2D eigenvalue weighted by Gasteiger charge is 2.44. The Kier molecular flexibility index (Phi) is 3.21. The van der Waals surface area contributed by atoms with Crippen molar-refractivity contribution in [2.75, 3.05) is 18.4 Å². The Morgan fingerprint density at radius 2 is 1.90 bits per heavy atom. The van der Waals surface area contributed by atoms with Crippen LogP contribution in [-0.2, 0) is 15.9 Å². The van der Waals surface area contributed by atoms with Gasteiger partial charge in [-0.15, -0.1) is 0 Å². The van der Waals surface area contributed by atoms with Gasteiger partial charge >= 0.3 is 0 Å². The Labute approximate surface area is 120 Å². The van der Waals surface area contributed by atoms with Crippen molar-refractivity contribution in [3.05, 3.63) is 17.5 Å². The van der Waals surface area contributed by atoms with Gasteiger partial charge in [0.1, 0.15) is 5.60 Å². The fraction of sp³-hybridized carbons (Fsp3) is 0.733. The quantitative estimate of drug-likeness (QED) is 0.866. The number of anilines is 1. The van der Waals surface area contributed by atoms with Gasteiger partial charge in [-0.1, -0.05) is 0 Å². The van der Waals surface area contributed by atoms with Gasteiger partial charge in [-0.2, -0.15) is 0 Å². The number of piperidine rings is 1. The lowest BCUT2D eigenvalue weighted by atomic mass is 9.97. The van der Waals surface area contributed by atoms with E-state index < -0.39 is 0 Å². The minimum absolute atomic E-state index is 0.313. The van der Waals surface area contributed by atoms with Crippen LogP contribution >= 0.6 is 0 Å². The molecule has 5 nitrogen and oxygen atoms in total. The van der Waals surface area contributed by atoms with Gasteiger partial charge < -0.3 is 15.4 Å². The Morgan fingerprint density at radius 1 is 1.20 bits per heavy atom. The van der Waals surface area contributed by atoms with Crippen molar-refractivity contribution < 1.29 is 4.74 Å². The van der Waals surface area contributed by atoms with Gasteiger partial charge in [0, 0.05) is 17.8 Å². The molecular formula is C15H24N4O. The fourth-order valence-electron chi connectivity index (χ4n) is 3.24. The molecule has 0 atom stereocenters. The van der Waals surface area contributed by atoms with Crippen molar-refractivity contribution in [3.8, 4) is 0 Å². The van der Waals surface area contributed by atoms with Gasteiger partial charge in [0.15, 0.2) is 0 Å². The minimum atomic E-state index is -0.355. The molecule has 20 heavy (non-hydrogen) atoms. The van der Waals surface area contributed by atoms with Crippen molar-refractivity contribution in [2.45, 2.75) is 57.8 Å². The third kappa shape index (κ3) is 2.40. The Balaban J connectivity index is 1.85. The maximum absolute atomic E-state index is 6.11. The second-order valence-electron chi connectivity index (χ2n) is 6.75. The van der Waals surface area contributed by atoms with E-state index in [1.807, 2.05) is 6.20 Å².